The Labute approximate surface area is 115 Å². The topological polar surface area (TPSA) is 17.1 Å². The molecule has 0 amide bonds. The van der Waals surface area contributed by atoms with E-state index in [-0.39, 0.29) is 11.7 Å². The number of aryl methyl sites for hydroxylation is 1. The van der Waals surface area contributed by atoms with Gasteiger partial charge in [0.2, 0.25) is 0 Å². The number of hydrogen-bond donors (Lipinski definition) is 0. The lowest BCUT2D eigenvalue weighted by Gasteiger charge is -2.11. The Kier molecular flexibility index (Phi) is 4.51. The van der Waals surface area contributed by atoms with Gasteiger partial charge in [0.25, 0.3) is 0 Å². The fraction of sp³-hybridized carbons (Fsp3) is 0.278. The maximum absolute atomic E-state index is 12.3. The molecule has 0 heterocycles. The molecule has 1 atom stereocenters. The second-order valence-corrected chi connectivity index (χ2v) is 5.01. The van der Waals surface area contributed by atoms with E-state index in [1.807, 2.05) is 37.3 Å². The minimum atomic E-state index is 0.0230. The van der Waals surface area contributed by atoms with Gasteiger partial charge in [-0.05, 0) is 24.0 Å². The molecule has 0 aliphatic rings. The van der Waals surface area contributed by atoms with Gasteiger partial charge in [0.15, 0.2) is 5.78 Å². The van der Waals surface area contributed by atoms with Crippen LogP contribution in [0.15, 0.2) is 54.6 Å². The van der Waals surface area contributed by atoms with Crippen molar-refractivity contribution in [2.75, 3.05) is 0 Å². The minimum absolute atomic E-state index is 0.0230. The Hall–Kier alpha value is -1.89. The molecule has 2 aromatic rings. The van der Waals surface area contributed by atoms with Gasteiger partial charge >= 0.3 is 0 Å². The fourth-order valence-electron chi connectivity index (χ4n) is 2.24. The second-order valence-electron chi connectivity index (χ2n) is 5.01. The van der Waals surface area contributed by atoms with Gasteiger partial charge in [0, 0.05) is 11.5 Å². The molecule has 2 rings (SSSR count). The van der Waals surface area contributed by atoms with E-state index in [1.165, 1.54) is 11.1 Å². The van der Waals surface area contributed by atoms with Crippen molar-refractivity contribution >= 4 is 5.78 Å². The molecule has 0 spiro atoms. The van der Waals surface area contributed by atoms with Crippen LogP contribution in [0.4, 0.5) is 0 Å². The first-order chi connectivity index (χ1) is 9.20. The van der Waals surface area contributed by atoms with Gasteiger partial charge in [-0.2, -0.15) is 0 Å². The van der Waals surface area contributed by atoms with E-state index in [0.717, 1.165) is 18.4 Å². The predicted octanol–water partition coefficient (Wildman–Crippen LogP) is 4.31. The van der Waals surface area contributed by atoms with Gasteiger partial charge < -0.3 is 0 Å². The van der Waals surface area contributed by atoms with Gasteiger partial charge in [-0.25, -0.2) is 0 Å². The van der Waals surface area contributed by atoms with Crippen LogP contribution in [0.3, 0.4) is 0 Å². The van der Waals surface area contributed by atoms with E-state index >= 15 is 0 Å². The van der Waals surface area contributed by atoms with E-state index < -0.39 is 0 Å². The minimum Gasteiger partial charge on any atom is -0.294 e. The summed E-state index contributed by atoms with van der Waals surface area (Å²) < 4.78 is 0. The summed E-state index contributed by atoms with van der Waals surface area (Å²) in [7, 11) is 0. The maximum atomic E-state index is 12.3. The second kappa shape index (κ2) is 6.33. The average molecular weight is 252 g/mol. The summed E-state index contributed by atoms with van der Waals surface area (Å²) >= 11 is 0. The standard InChI is InChI=1S/C18H20O/c1-3-15-9-11-16(12-10-15)13-14(2)18(19)17-7-5-4-6-8-17/h4-12,14H,3,13H2,1-2H3. The third-order valence-corrected chi connectivity index (χ3v) is 3.48. The molecule has 0 aliphatic carbocycles. The van der Waals surface area contributed by atoms with Crippen molar-refractivity contribution in [3.05, 3.63) is 71.3 Å². The Bertz CT molecular complexity index is 525. The molecule has 1 heteroatoms. The van der Waals surface area contributed by atoms with Gasteiger partial charge in [-0.3, -0.25) is 4.79 Å². The van der Waals surface area contributed by atoms with Crippen LogP contribution in [0, 0.1) is 5.92 Å². The van der Waals surface area contributed by atoms with Crippen molar-refractivity contribution in [3.8, 4) is 0 Å². The highest BCUT2D eigenvalue weighted by Crippen LogP contribution is 2.15. The fourth-order valence-corrected chi connectivity index (χ4v) is 2.24. The molecule has 1 unspecified atom stereocenters. The molecule has 0 aromatic heterocycles. The number of hydrogen-bond acceptors (Lipinski definition) is 1. The summed E-state index contributed by atoms with van der Waals surface area (Å²) in [6.07, 6.45) is 1.86. The van der Waals surface area contributed by atoms with E-state index in [1.54, 1.807) is 0 Å². The summed E-state index contributed by atoms with van der Waals surface area (Å²) in [6, 6.07) is 18.1. The number of rotatable bonds is 5. The molecule has 0 radical (unpaired) electrons. The van der Waals surface area contributed by atoms with Gasteiger partial charge in [0.1, 0.15) is 0 Å². The van der Waals surface area contributed by atoms with Crippen LogP contribution in [0.5, 0.6) is 0 Å². The third kappa shape index (κ3) is 3.54. The van der Waals surface area contributed by atoms with Crippen LogP contribution in [0.1, 0.15) is 35.3 Å². The molecule has 19 heavy (non-hydrogen) atoms. The smallest absolute Gasteiger partial charge is 0.165 e. The Morgan fingerprint density at radius 2 is 1.53 bits per heavy atom. The SMILES string of the molecule is CCc1ccc(CC(C)C(=O)c2ccccc2)cc1. The van der Waals surface area contributed by atoms with E-state index in [4.69, 9.17) is 0 Å². The van der Waals surface area contributed by atoms with Crippen LogP contribution < -0.4 is 0 Å². The quantitative estimate of drug-likeness (QED) is 0.725. The van der Waals surface area contributed by atoms with Crippen molar-refractivity contribution in [2.45, 2.75) is 26.7 Å². The molecule has 1 nitrogen and oxygen atoms in total. The lowest BCUT2D eigenvalue weighted by atomic mass is 9.92. The number of Topliss-reactive ketones (excluding diaryl/α,β-unsaturated/α-hetero) is 1. The van der Waals surface area contributed by atoms with Crippen LogP contribution in [0.2, 0.25) is 0 Å². The number of ketones is 1. The number of benzene rings is 2. The van der Waals surface area contributed by atoms with E-state index in [2.05, 4.69) is 31.2 Å². The maximum Gasteiger partial charge on any atom is 0.165 e. The Morgan fingerprint density at radius 1 is 0.947 bits per heavy atom. The average Bonchev–Trinajstić information content (AvgIpc) is 2.48. The molecule has 98 valence electrons. The molecule has 0 fully saturated rings. The van der Waals surface area contributed by atoms with Crippen LogP contribution in [-0.2, 0) is 12.8 Å². The normalized spacial score (nSPS) is 12.1. The highest BCUT2D eigenvalue weighted by molar-refractivity contribution is 5.97. The van der Waals surface area contributed by atoms with E-state index in [0.29, 0.717) is 0 Å². The van der Waals surface area contributed by atoms with Crippen molar-refractivity contribution in [2.24, 2.45) is 5.92 Å². The molecule has 0 N–H and O–H groups in total. The molecular formula is C18H20O. The lowest BCUT2D eigenvalue weighted by Crippen LogP contribution is -2.13. The first-order valence-electron chi connectivity index (χ1n) is 6.87. The molecular weight excluding hydrogens is 232 g/mol. The van der Waals surface area contributed by atoms with Gasteiger partial charge in [-0.1, -0.05) is 68.4 Å². The Morgan fingerprint density at radius 3 is 2.11 bits per heavy atom. The molecule has 2 aromatic carbocycles. The summed E-state index contributed by atoms with van der Waals surface area (Å²) in [5.41, 5.74) is 3.37. The van der Waals surface area contributed by atoms with E-state index in [9.17, 15) is 4.79 Å². The summed E-state index contributed by atoms with van der Waals surface area (Å²) in [6.45, 7) is 4.15. The van der Waals surface area contributed by atoms with Crippen LogP contribution in [0.25, 0.3) is 0 Å². The number of carbonyl (C=O) groups is 1. The van der Waals surface area contributed by atoms with Gasteiger partial charge in [0.05, 0.1) is 0 Å². The lowest BCUT2D eigenvalue weighted by molar-refractivity contribution is 0.0929. The predicted molar refractivity (Wildman–Crippen MR) is 79.5 cm³/mol. The van der Waals surface area contributed by atoms with Crippen LogP contribution in [-0.4, -0.2) is 5.78 Å². The highest BCUT2D eigenvalue weighted by atomic mass is 16.1. The van der Waals surface area contributed by atoms with Crippen molar-refractivity contribution < 1.29 is 4.79 Å². The Balaban J connectivity index is 2.04. The zero-order valence-electron chi connectivity index (χ0n) is 11.6. The van der Waals surface area contributed by atoms with Gasteiger partial charge in [-0.15, -0.1) is 0 Å². The molecule has 0 aliphatic heterocycles. The summed E-state index contributed by atoms with van der Waals surface area (Å²) in [5.74, 6) is 0.245. The summed E-state index contributed by atoms with van der Waals surface area (Å²) in [4.78, 5) is 12.3. The molecule has 0 saturated carbocycles. The first-order valence-corrected chi connectivity index (χ1v) is 6.87. The molecule has 0 saturated heterocycles. The largest absolute Gasteiger partial charge is 0.294 e. The number of carbonyl (C=O) groups excluding carboxylic acids is 1. The van der Waals surface area contributed by atoms with Crippen LogP contribution >= 0.6 is 0 Å². The highest BCUT2D eigenvalue weighted by Gasteiger charge is 2.15. The molecule has 0 bridgehead atoms. The first kappa shape index (κ1) is 13.5. The zero-order valence-corrected chi connectivity index (χ0v) is 11.6. The third-order valence-electron chi connectivity index (χ3n) is 3.48. The monoisotopic (exact) mass is 252 g/mol. The zero-order chi connectivity index (χ0) is 13.7. The van der Waals surface area contributed by atoms with Crippen molar-refractivity contribution in [3.63, 3.8) is 0 Å². The van der Waals surface area contributed by atoms with Crippen molar-refractivity contribution in [1.82, 2.24) is 0 Å². The summed E-state index contributed by atoms with van der Waals surface area (Å²) in [5, 5.41) is 0. The van der Waals surface area contributed by atoms with Crippen molar-refractivity contribution in [1.29, 1.82) is 0 Å².